The zero-order chi connectivity index (χ0) is 13.5. The number of pyridine rings is 1. The highest BCUT2D eigenvalue weighted by Crippen LogP contribution is 2.00. The number of piperazine rings is 1. The highest BCUT2D eigenvalue weighted by molar-refractivity contribution is 5.93. The van der Waals surface area contributed by atoms with Crippen LogP contribution in [-0.4, -0.2) is 55.1 Å². The van der Waals surface area contributed by atoms with E-state index in [9.17, 15) is 9.18 Å². The summed E-state index contributed by atoms with van der Waals surface area (Å²) >= 11 is 0. The predicted molar refractivity (Wildman–Crippen MR) is 70.5 cm³/mol. The Morgan fingerprint density at radius 3 is 2.95 bits per heavy atom. The van der Waals surface area contributed by atoms with Crippen LogP contribution in [0.4, 0.5) is 4.39 Å². The van der Waals surface area contributed by atoms with Gasteiger partial charge in [-0.15, -0.1) is 0 Å². The molecular formula is C13H19FN4O. The van der Waals surface area contributed by atoms with E-state index in [0.29, 0.717) is 6.54 Å². The fraction of sp³-hybridized carbons (Fsp3) is 0.538. The van der Waals surface area contributed by atoms with Crippen LogP contribution in [0.3, 0.4) is 0 Å². The predicted octanol–water partition coefficient (Wildman–Crippen LogP) is 0.246. The summed E-state index contributed by atoms with van der Waals surface area (Å²) in [5, 5.41) is 6.07. The zero-order valence-corrected chi connectivity index (χ0v) is 10.9. The first-order valence-electron chi connectivity index (χ1n) is 6.57. The van der Waals surface area contributed by atoms with Gasteiger partial charge in [-0.3, -0.25) is 9.78 Å². The summed E-state index contributed by atoms with van der Waals surface area (Å²) < 4.78 is 12.9. The molecule has 1 aliphatic rings. The van der Waals surface area contributed by atoms with Gasteiger partial charge in [-0.1, -0.05) is 0 Å². The van der Waals surface area contributed by atoms with Crippen LogP contribution in [0.25, 0.3) is 0 Å². The largest absolute Gasteiger partial charge is 0.352 e. The minimum Gasteiger partial charge on any atom is -0.352 e. The fourth-order valence-corrected chi connectivity index (χ4v) is 2.08. The third kappa shape index (κ3) is 4.57. The molecule has 1 saturated heterocycles. The van der Waals surface area contributed by atoms with Crippen molar-refractivity contribution in [2.24, 2.45) is 0 Å². The van der Waals surface area contributed by atoms with Crippen molar-refractivity contribution in [1.82, 2.24) is 20.5 Å². The van der Waals surface area contributed by atoms with Gasteiger partial charge in [0, 0.05) is 38.9 Å². The van der Waals surface area contributed by atoms with Crippen molar-refractivity contribution in [1.29, 1.82) is 0 Å². The highest BCUT2D eigenvalue weighted by atomic mass is 19.1. The first kappa shape index (κ1) is 13.9. The van der Waals surface area contributed by atoms with Crippen LogP contribution in [0.15, 0.2) is 18.5 Å². The summed E-state index contributed by atoms with van der Waals surface area (Å²) in [6.07, 6.45) is 3.35. The smallest absolute Gasteiger partial charge is 0.252 e. The average Bonchev–Trinajstić information content (AvgIpc) is 2.44. The fourth-order valence-electron chi connectivity index (χ4n) is 2.08. The van der Waals surface area contributed by atoms with E-state index in [-0.39, 0.29) is 11.5 Å². The Morgan fingerprint density at radius 2 is 2.21 bits per heavy atom. The molecule has 0 unspecified atom stereocenters. The number of nitrogens with zero attached hydrogens (tertiary/aromatic N) is 2. The second-order valence-electron chi connectivity index (χ2n) is 4.59. The molecule has 0 aliphatic carbocycles. The summed E-state index contributed by atoms with van der Waals surface area (Å²) in [5.41, 5.74) is 0.266. The molecule has 19 heavy (non-hydrogen) atoms. The first-order chi connectivity index (χ1) is 9.25. The van der Waals surface area contributed by atoms with Gasteiger partial charge in [0.1, 0.15) is 5.82 Å². The Kier molecular flexibility index (Phi) is 5.23. The van der Waals surface area contributed by atoms with Gasteiger partial charge in [0.2, 0.25) is 0 Å². The lowest BCUT2D eigenvalue weighted by molar-refractivity contribution is 0.0950. The molecule has 104 valence electrons. The Balaban J connectivity index is 1.66. The van der Waals surface area contributed by atoms with Crippen LogP contribution in [0.2, 0.25) is 0 Å². The monoisotopic (exact) mass is 266 g/mol. The summed E-state index contributed by atoms with van der Waals surface area (Å²) in [5.74, 6) is -0.763. The molecule has 0 spiro atoms. The number of rotatable bonds is 5. The van der Waals surface area contributed by atoms with Crippen molar-refractivity contribution in [3.63, 3.8) is 0 Å². The molecule has 0 aromatic carbocycles. The van der Waals surface area contributed by atoms with Gasteiger partial charge in [0.05, 0.1) is 11.8 Å². The van der Waals surface area contributed by atoms with E-state index in [4.69, 9.17) is 0 Å². The third-order valence-electron chi connectivity index (χ3n) is 3.11. The quantitative estimate of drug-likeness (QED) is 0.750. The number of halogens is 1. The summed E-state index contributed by atoms with van der Waals surface area (Å²) in [7, 11) is 0. The Hall–Kier alpha value is -1.53. The van der Waals surface area contributed by atoms with Crippen LogP contribution in [0, 0.1) is 5.82 Å². The minimum atomic E-state index is -0.492. The molecule has 5 nitrogen and oxygen atoms in total. The molecule has 1 aromatic rings. The maximum atomic E-state index is 12.9. The number of carbonyl (C=O) groups excluding carboxylic acids is 1. The zero-order valence-electron chi connectivity index (χ0n) is 10.9. The van der Waals surface area contributed by atoms with Crippen LogP contribution < -0.4 is 10.6 Å². The Labute approximate surface area is 112 Å². The maximum Gasteiger partial charge on any atom is 0.252 e. The molecule has 0 radical (unpaired) electrons. The van der Waals surface area contributed by atoms with E-state index < -0.39 is 5.82 Å². The number of hydrogen-bond donors (Lipinski definition) is 2. The van der Waals surface area contributed by atoms with Crippen LogP contribution in [0.1, 0.15) is 16.8 Å². The second-order valence-corrected chi connectivity index (χ2v) is 4.59. The lowest BCUT2D eigenvalue weighted by atomic mass is 10.2. The summed E-state index contributed by atoms with van der Waals surface area (Å²) in [6.45, 7) is 5.74. The molecule has 2 heterocycles. The lowest BCUT2D eigenvalue weighted by Gasteiger charge is -2.27. The van der Waals surface area contributed by atoms with E-state index in [2.05, 4.69) is 20.5 Å². The van der Waals surface area contributed by atoms with Crippen molar-refractivity contribution >= 4 is 5.91 Å². The minimum absolute atomic E-state index is 0.266. The molecule has 2 N–H and O–H groups in total. The van der Waals surface area contributed by atoms with Gasteiger partial charge in [-0.25, -0.2) is 4.39 Å². The van der Waals surface area contributed by atoms with E-state index >= 15 is 0 Å². The molecule has 0 saturated carbocycles. The second kappa shape index (κ2) is 7.16. The van der Waals surface area contributed by atoms with Crippen LogP contribution >= 0.6 is 0 Å². The standard InChI is InChI=1S/C13H19FN4O/c14-12-8-11(9-16-10-12)13(19)17-2-1-5-18-6-3-15-4-7-18/h8-10,15H,1-7H2,(H,17,19). The van der Waals surface area contributed by atoms with E-state index in [0.717, 1.165) is 45.3 Å². The maximum absolute atomic E-state index is 12.9. The van der Waals surface area contributed by atoms with Crippen molar-refractivity contribution < 1.29 is 9.18 Å². The average molecular weight is 266 g/mol. The van der Waals surface area contributed by atoms with E-state index in [1.165, 1.54) is 12.3 Å². The Bertz CT molecular complexity index is 421. The summed E-state index contributed by atoms with van der Waals surface area (Å²) in [4.78, 5) is 17.7. The van der Waals surface area contributed by atoms with Crippen molar-refractivity contribution in [2.75, 3.05) is 39.3 Å². The Morgan fingerprint density at radius 1 is 1.42 bits per heavy atom. The topological polar surface area (TPSA) is 57.3 Å². The van der Waals surface area contributed by atoms with Gasteiger partial charge in [0.15, 0.2) is 0 Å². The van der Waals surface area contributed by atoms with Crippen molar-refractivity contribution in [3.8, 4) is 0 Å². The molecule has 6 heteroatoms. The SMILES string of the molecule is O=C(NCCCN1CCNCC1)c1cncc(F)c1. The van der Waals surface area contributed by atoms with E-state index in [1.54, 1.807) is 0 Å². The molecular weight excluding hydrogens is 247 g/mol. The molecule has 1 fully saturated rings. The van der Waals surface area contributed by atoms with E-state index in [1.807, 2.05) is 0 Å². The van der Waals surface area contributed by atoms with Gasteiger partial charge in [-0.05, 0) is 19.0 Å². The normalized spacial score (nSPS) is 16.3. The van der Waals surface area contributed by atoms with Crippen molar-refractivity contribution in [3.05, 3.63) is 29.8 Å². The van der Waals surface area contributed by atoms with Crippen molar-refractivity contribution in [2.45, 2.75) is 6.42 Å². The van der Waals surface area contributed by atoms with Crippen LogP contribution in [0.5, 0.6) is 0 Å². The lowest BCUT2D eigenvalue weighted by Crippen LogP contribution is -2.44. The number of nitrogens with one attached hydrogen (secondary N) is 2. The molecule has 2 rings (SSSR count). The highest BCUT2D eigenvalue weighted by Gasteiger charge is 2.09. The van der Waals surface area contributed by atoms with Gasteiger partial charge < -0.3 is 15.5 Å². The van der Waals surface area contributed by atoms with Gasteiger partial charge in [0.25, 0.3) is 5.91 Å². The number of hydrogen-bond acceptors (Lipinski definition) is 4. The first-order valence-corrected chi connectivity index (χ1v) is 6.57. The third-order valence-corrected chi connectivity index (χ3v) is 3.11. The molecule has 0 atom stereocenters. The number of amides is 1. The number of aromatic nitrogens is 1. The molecule has 1 aromatic heterocycles. The van der Waals surface area contributed by atoms with Gasteiger partial charge >= 0.3 is 0 Å². The number of carbonyl (C=O) groups is 1. The molecule has 1 amide bonds. The van der Waals surface area contributed by atoms with Crippen LogP contribution in [-0.2, 0) is 0 Å². The summed E-state index contributed by atoms with van der Waals surface area (Å²) in [6, 6.07) is 1.19. The van der Waals surface area contributed by atoms with Gasteiger partial charge in [-0.2, -0.15) is 0 Å². The molecule has 0 bridgehead atoms. The molecule has 1 aliphatic heterocycles.